The molecule has 0 bridgehead atoms. The number of aryl methyl sites for hydroxylation is 1. The van der Waals surface area contributed by atoms with Crippen LogP contribution in [0.3, 0.4) is 0 Å². The third-order valence-corrected chi connectivity index (χ3v) is 3.54. The quantitative estimate of drug-likeness (QED) is 0.407. The number of halogens is 2. The molecule has 0 radical (unpaired) electrons. The maximum Gasteiger partial charge on any atom is 0.169 e. The molecule has 6 heteroatoms. The molecule has 3 aromatic rings. The van der Waals surface area contributed by atoms with Crippen LogP contribution in [0.4, 0.5) is 4.39 Å². The molecule has 0 aliphatic carbocycles. The number of carbonyl (C=O) groups is 1. The van der Waals surface area contributed by atoms with E-state index in [-0.39, 0.29) is 5.82 Å². The van der Waals surface area contributed by atoms with Crippen LogP contribution < -0.4 is 0 Å². The van der Waals surface area contributed by atoms with Crippen LogP contribution in [0.2, 0.25) is 5.15 Å². The van der Waals surface area contributed by atoms with Crippen molar-refractivity contribution < 1.29 is 9.18 Å². The summed E-state index contributed by atoms with van der Waals surface area (Å²) in [7, 11) is 0. The van der Waals surface area contributed by atoms with Crippen LogP contribution in [0, 0.1) is 24.6 Å². The largest absolute Gasteiger partial charge is 0.296 e. The first-order chi connectivity index (χ1) is 11.6. The first-order valence-electron chi connectivity index (χ1n) is 7.02. The molecule has 118 valence electrons. The number of aldehydes is 1. The monoisotopic (exact) mass is 339 g/mol. The van der Waals surface area contributed by atoms with E-state index < -0.39 is 0 Å². The van der Waals surface area contributed by atoms with Crippen molar-refractivity contribution in [1.29, 1.82) is 0 Å². The Balaban J connectivity index is 2.06. The lowest BCUT2D eigenvalue weighted by Crippen LogP contribution is -2.02. The van der Waals surface area contributed by atoms with Crippen LogP contribution in [0.15, 0.2) is 42.6 Å². The van der Waals surface area contributed by atoms with Crippen molar-refractivity contribution in [1.82, 2.24) is 14.5 Å². The predicted octanol–water partition coefficient (Wildman–Crippen LogP) is 3.58. The van der Waals surface area contributed by atoms with E-state index in [0.717, 1.165) is 0 Å². The zero-order chi connectivity index (χ0) is 17.1. The van der Waals surface area contributed by atoms with E-state index in [9.17, 15) is 9.18 Å². The van der Waals surface area contributed by atoms with Crippen molar-refractivity contribution >= 4 is 17.9 Å². The number of rotatable bonds is 2. The molecule has 4 nitrogen and oxygen atoms in total. The number of nitrogens with zero attached hydrogens (tertiary/aromatic N) is 3. The molecule has 0 amide bonds. The van der Waals surface area contributed by atoms with Gasteiger partial charge in [0.1, 0.15) is 28.2 Å². The lowest BCUT2D eigenvalue weighted by atomic mass is 10.2. The van der Waals surface area contributed by atoms with Gasteiger partial charge in [-0.3, -0.25) is 9.36 Å². The number of hydrogen-bond donors (Lipinski definition) is 0. The average molecular weight is 340 g/mol. The summed E-state index contributed by atoms with van der Waals surface area (Å²) in [5, 5.41) is 0.338. The Kier molecular flexibility index (Phi) is 4.41. The summed E-state index contributed by atoms with van der Waals surface area (Å²) < 4.78 is 14.7. The highest BCUT2D eigenvalue weighted by Gasteiger charge is 2.14. The van der Waals surface area contributed by atoms with Gasteiger partial charge in [-0.2, -0.15) is 0 Å². The van der Waals surface area contributed by atoms with Gasteiger partial charge in [0.15, 0.2) is 6.29 Å². The highest BCUT2D eigenvalue weighted by atomic mass is 35.5. The maximum absolute atomic E-state index is 13.1. The van der Waals surface area contributed by atoms with Gasteiger partial charge in [0.2, 0.25) is 0 Å². The topological polar surface area (TPSA) is 47.8 Å². The molecular formula is C18H11ClFN3O. The van der Waals surface area contributed by atoms with Crippen LogP contribution in [0.25, 0.3) is 5.69 Å². The Hall–Kier alpha value is -2.97. The summed E-state index contributed by atoms with van der Waals surface area (Å²) in [6, 6.07) is 9.15. The number of pyridine rings is 1. The molecule has 0 unspecified atom stereocenters. The normalized spacial score (nSPS) is 10.1. The van der Waals surface area contributed by atoms with Crippen molar-refractivity contribution in [2.45, 2.75) is 6.92 Å². The SMILES string of the molecule is Cc1nc(C#Cc2ccnc(Cl)c2)c(C=O)n1-c1ccc(F)cc1. The second-order valence-electron chi connectivity index (χ2n) is 4.94. The summed E-state index contributed by atoms with van der Waals surface area (Å²) in [6.45, 7) is 1.75. The molecule has 0 N–H and O–H groups in total. The Morgan fingerprint density at radius 2 is 1.96 bits per heavy atom. The van der Waals surface area contributed by atoms with Crippen LogP contribution in [0.5, 0.6) is 0 Å². The van der Waals surface area contributed by atoms with E-state index in [1.165, 1.54) is 12.1 Å². The van der Waals surface area contributed by atoms with Gasteiger partial charge in [0, 0.05) is 17.4 Å². The fraction of sp³-hybridized carbons (Fsp3) is 0.0556. The molecule has 0 spiro atoms. The van der Waals surface area contributed by atoms with Gasteiger partial charge < -0.3 is 0 Å². The van der Waals surface area contributed by atoms with Crippen LogP contribution >= 0.6 is 11.6 Å². The summed E-state index contributed by atoms with van der Waals surface area (Å²) in [5.41, 5.74) is 1.97. The van der Waals surface area contributed by atoms with Crippen LogP contribution in [0.1, 0.15) is 27.6 Å². The zero-order valence-corrected chi connectivity index (χ0v) is 13.4. The summed E-state index contributed by atoms with van der Waals surface area (Å²) in [4.78, 5) is 19.8. The van der Waals surface area contributed by atoms with Crippen LogP contribution in [-0.4, -0.2) is 20.8 Å². The Labute approximate surface area is 142 Å². The smallest absolute Gasteiger partial charge is 0.169 e. The highest BCUT2D eigenvalue weighted by molar-refractivity contribution is 6.29. The van der Waals surface area contributed by atoms with Crippen molar-refractivity contribution in [2.24, 2.45) is 0 Å². The maximum atomic E-state index is 13.1. The summed E-state index contributed by atoms with van der Waals surface area (Å²) in [6.07, 6.45) is 2.24. The predicted molar refractivity (Wildman–Crippen MR) is 88.9 cm³/mol. The molecule has 2 aromatic heterocycles. The molecule has 0 aliphatic rings. The fourth-order valence-corrected chi connectivity index (χ4v) is 2.45. The molecule has 0 saturated carbocycles. The van der Waals surface area contributed by atoms with E-state index >= 15 is 0 Å². The minimum Gasteiger partial charge on any atom is -0.296 e. The molecule has 2 heterocycles. The lowest BCUT2D eigenvalue weighted by molar-refractivity contribution is 0.111. The third-order valence-electron chi connectivity index (χ3n) is 3.33. The average Bonchev–Trinajstić information content (AvgIpc) is 2.89. The molecule has 0 fully saturated rings. The van der Waals surface area contributed by atoms with Crippen molar-refractivity contribution in [3.8, 4) is 17.5 Å². The van der Waals surface area contributed by atoms with E-state index in [1.54, 1.807) is 42.0 Å². The highest BCUT2D eigenvalue weighted by Crippen LogP contribution is 2.17. The van der Waals surface area contributed by atoms with Gasteiger partial charge in [-0.05, 0) is 49.2 Å². The first-order valence-corrected chi connectivity index (χ1v) is 7.40. The molecule has 0 saturated heterocycles. The van der Waals surface area contributed by atoms with E-state index in [0.29, 0.717) is 39.9 Å². The molecule has 0 aliphatic heterocycles. The number of carbonyl (C=O) groups excluding carboxylic acids is 1. The molecule has 3 rings (SSSR count). The van der Waals surface area contributed by atoms with E-state index in [4.69, 9.17) is 11.6 Å². The van der Waals surface area contributed by atoms with Crippen molar-refractivity contribution in [3.05, 3.63) is 76.3 Å². The van der Waals surface area contributed by atoms with Crippen molar-refractivity contribution in [2.75, 3.05) is 0 Å². The van der Waals surface area contributed by atoms with Crippen molar-refractivity contribution in [3.63, 3.8) is 0 Å². The molecular weight excluding hydrogens is 329 g/mol. The van der Waals surface area contributed by atoms with Gasteiger partial charge in [-0.1, -0.05) is 17.5 Å². The minimum atomic E-state index is -0.348. The van der Waals surface area contributed by atoms with Crippen LogP contribution in [-0.2, 0) is 0 Å². The Morgan fingerprint density at radius 3 is 2.62 bits per heavy atom. The Bertz CT molecular complexity index is 968. The van der Waals surface area contributed by atoms with Gasteiger partial charge in [-0.25, -0.2) is 14.4 Å². The van der Waals surface area contributed by atoms with E-state index in [1.807, 2.05) is 0 Å². The van der Waals surface area contributed by atoms with E-state index in [2.05, 4.69) is 21.8 Å². The number of aromatic nitrogens is 3. The lowest BCUT2D eigenvalue weighted by Gasteiger charge is -2.06. The minimum absolute atomic E-state index is 0.312. The summed E-state index contributed by atoms with van der Waals surface area (Å²) >= 11 is 5.82. The number of benzene rings is 1. The van der Waals surface area contributed by atoms with Gasteiger partial charge in [0.25, 0.3) is 0 Å². The fourth-order valence-electron chi connectivity index (χ4n) is 2.28. The van der Waals surface area contributed by atoms with Gasteiger partial charge in [0.05, 0.1) is 0 Å². The summed E-state index contributed by atoms with van der Waals surface area (Å²) in [5.74, 6) is 6.02. The molecule has 1 aromatic carbocycles. The Morgan fingerprint density at radius 1 is 1.21 bits per heavy atom. The standard InChI is InChI=1S/C18H11ClFN3O/c1-12-22-16(7-2-13-8-9-21-18(19)10-13)17(11-24)23(12)15-5-3-14(20)4-6-15/h3-6,8-11H,1H3. The molecule has 0 atom stereocenters. The van der Waals surface area contributed by atoms with Gasteiger partial charge >= 0.3 is 0 Å². The molecule has 24 heavy (non-hydrogen) atoms. The zero-order valence-electron chi connectivity index (χ0n) is 12.6. The first kappa shape index (κ1) is 15.9. The second kappa shape index (κ2) is 6.65. The number of imidazole rings is 1. The third kappa shape index (κ3) is 3.19. The van der Waals surface area contributed by atoms with Gasteiger partial charge in [-0.15, -0.1) is 0 Å². The number of hydrogen-bond acceptors (Lipinski definition) is 3. The second-order valence-corrected chi connectivity index (χ2v) is 5.33.